The van der Waals surface area contributed by atoms with Gasteiger partial charge in [0.05, 0.1) is 13.2 Å². The number of anilines is 2. The van der Waals surface area contributed by atoms with Crippen LogP contribution in [0.2, 0.25) is 0 Å². The molecule has 1 fully saturated rings. The number of nitrogens with zero attached hydrogens (tertiary/aromatic N) is 4. The third-order valence-electron chi connectivity index (χ3n) is 2.55. The minimum atomic E-state index is 0.0290. The summed E-state index contributed by atoms with van der Waals surface area (Å²) in [6.07, 6.45) is 0.0290. The zero-order chi connectivity index (χ0) is 12.3. The molecule has 7 heteroatoms. The van der Waals surface area contributed by atoms with E-state index < -0.39 is 0 Å². The van der Waals surface area contributed by atoms with E-state index in [1.54, 1.807) is 0 Å². The molecule has 17 heavy (non-hydrogen) atoms. The molecule has 0 aliphatic carbocycles. The Bertz CT molecular complexity index is 379. The molecular weight excluding hydrogens is 222 g/mol. The van der Waals surface area contributed by atoms with E-state index in [2.05, 4.69) is 15.0 Å². The highest BCUT2D eigenvalue weighted by Gasteiger charge is 2.22. The molecule has 1 aromatic heterocycles. The van der Waals surface area contributed by atoms with Crippen molar-refractivity contribution in [2.75, 3.05) is 36.9 Å². The fraction of sp³-hybridized carbons (Fsp3) is 0.700. The third kappa shape index (κ3) is 2.73. The lowest BCUT2D eigenvalue weighted by atomic mass is 10.3. The van der Waals surface area contributed by atoms with Crippen LogP contribution in [0.3, 0.4) is 0 Å². The number of ether oxygens (including phenoxy) is 2. The molecule has 0 aromatic carbocycles. The van der Waals surface area contributed by atoms with Crippen LogP contribution in [0, 0.1) is 0 Å². The Morgan fingerprint density at radius 1 is 1.29 bits per heavy atom. The summed E-state index contributed by atoms with van der Waals surface area (Å²) in [6.45, 7) is 6.84. The summed E-state index contributed by atoms with van der Waals surface area (Å²) < 4.78 is 10.5. The predicted molar refractivity (Wildman–Crippen MR) is 63.0 cm³/mol. The maximum atomic E-state index is 5.64. The molecule has 2 heterocycles. The van der Waals surface area contributed by atoms with Crippen LogP contribution in [-0.4, -0.2) is 47.4 Å². The first-order valence-corrected chi connectivity index (χ1v) is 5.73. The molecule has 0 bridgehead atoms. The summed E-state index contributed by atoms with van der Waals surface area (Å²) in [5.41, 5.74) is 5.64. The molecule has 0 unspecified atom stereocenters. The SMILES string of the molecule is CCN(CC)c1nc(N)nc(OC2COC2)n1. The van der Waals surface area contributed by atoms with E-state index in [0.29, 0.717) is 19.2 Å². The first-order chi connectivity index (χ1) is 8.22. The second-order valence-corrected chi connectivity index (χ2v) is 3.73. The smallest absolute Gasteiger partial charge is 0.323 e. The van der Waals surface area contributed by atoms with Gasteiger partial charge >= 0.3 is 6.01 Å². The van der Waals surface area contributed by atoms with Gasteiger partial charge in [-0.3, -0.25) is 0 Å². The molecule has 2 N–H and O–H groups in total. The van der Waals surface area contributed by atoms with Gasteiger partial charge in [0.15, 0.2) is 0 Å². The van der Waals surface area contributed by atoms with Gasteiger partial charge in [-0.15, -0.1) is 0 Å². The zero-order valence-electron chi connectivity index (χ0n) is 10.1. The topological polar surface area (TPSA) is 86.4 Å². The van der Waals surface area contributed by atoms with Gasteiger partial charge in [-0.2, -0.15) is 15.0 Å². The van der Waals surface area contributed by atoms with E-state index >= 15 is 0 Å². The Kier molecular flexibility index (Phi) is 3.58. The van der Waals surface area contributed by atoms with Crippen LogP contribution in [0.1, 0.15) is 13.8 Å². The summed E-state index contributed by atoms with van der Waals surface area (Å²) >= 11 is 0. The van der Waals surface area contributed by atoms with Gasteiger partial charge in [0, 0.05) is 13.1 Å². The monoisotopic (exact) mass is 239 g/mol. The fourth-order valence-electron chi connectivity index (χ4n) is 1.49. The van der Waals surface area contributed by atoms with Crippen LogP contribution in [0.5, 0.6) is 6.01 Å². The van der Waals surface area contributed by atoms with Crippen molar-refractivity contribution in [2.45, 2.75) is 20.0 Å². The first kappa shape index (κ1) is 11.8. The van der Waals surface area contributed by atoms with E-state index in [1.807, 2.05) is 18.7 Å². The van der Waals surface area contributed by atoms with E-state index in [4.69, 9.17) is 15.2 Å². The molecule has 0 saturated carbocycles. The quantitative estimate of drug-likeness (QED) is 0.778. The average molecular weight is 239 g/mol. The van der Waals surface area contributed by atoms with Gasteiger partial charge < -0.3 is 20.1 Å². The molecule has 1 saturated heterocycles. The molecule has 2 rings (SSSR count). The minimum Gasteiger partial charge on any atom is -0.455 e. The number of hydrogen-bond donors (Lipinski definition) is 1. The summed E-state index contributed by atoms with van der Waals surface area (Å²) in [5, 5.41) is 0. The molecule has 94 valence electrons. The average Bonchev–Trinajstić information content (AvgIpc) is 2.25. The number of hydrogen-bond acceptors (Lipinski definition) is 7. The van der Waals surface area contributed by atoms with Crippen LogP contribution < -0.4 is 15.4 Å². The normalized spacial score (nSPS) is 15.4. The van der Waals surface area contributed by atoms with Crippen molar-refractivity contribution < 1.29 is 9.47 Å². The lowest BCUT2D eigenvalue weighted by Gasteiger charge is -2.26. The van der Waals surface area contributed by atoms with E-state index in [-0.39, 0.29) is 18.1 Å². The van der Waals surface area contributed by atoms with Gasteiger partial charge in [0.1, 0.15) is 6.10 Å². The van der Waals surface area contributed by atoms with E-state index in [9.17, 15) is 0 Å². The molecule has 1 aromatic rings. The highest BCUT2D eigenvalue weighted by molar-refractivity contribution is 5.35. The summed E-state index contributed by atoms with van der Waals surface area (Å²) in [6, 6.07) is 0.271. The predicted octanol–water partition coefficient (Wildman–Crippen LogP) is 0.0776. The van der Waals surface area contributed by atoms with Crippen LogP contribution in [0.25, 0.3) is 0 Å². The van der Waals surface area contributed by atoms with Crippen molar-refractivity contribution in [1.82, 2.24) is 15.0 Å². The summed E-state index contributed by atoms with van der Waals surface area (Å²) in [5.74, 6) is 0.731. The van der Waals surface area contributed by atoms with Gasteiger partial charge in [0.2, 0.25) is 11.9 Å². The Hall–Kier alpha value is -1.63. The van der Waals surface area contributed by atoms with Crippen molar-refractivity contribution in [2.24, 2.45) is 0 Å². The number of nitrogens with two attached hydrogens (primary N) is 1. The lowest BCUT2D eigenvalue weighted by Crippen LogP contribution is -2.39. The summed E-state index contributed by atoms with van der Waals surface area (Å²) in [4.78, 5) is 14.3. The van der Waals surface area contributed by atoms with Crippen molar-refractivity contribution in [3.8, 4) is 6.01 Å². The fourth-order valence-corrected chi connectivity index (χ4v) is 1.49. The standard InChI is InChI=1S/C10H17N5O2/c1-3-15(4-2)9-12-8(11)13-10(14-9)17-7-5-16-6-7/h7H,3-6H2,1-2H3,(H2,11,12,13,14). The molecule has 0 radical (unpaired) electrons. The Morgan fingerprint density at radius 2 is 2.00 bits per heavy atom. The third-order valence-corrected chi connectivity index (χ3v) is 2.55. The number of rotatable bonds is 5. The second-order valence-electron chi connectivity index (χ2n) is 3.73. The highest BCUT2D eigenvalue weighted by Crippen LogP contribution is 2.16. The molecule has 7 nitrogen and oxygen atoms in total. The van der Waals surface area contributed by atoms with Crippen LogP contribution in [0.15, 0.2) is 0 Å². The van der Waals surface area contributed by atoms with E-state index in [1.165, 1.54) is 0 Å². The zero-order valence-corrected chi connectivity index (χ0v) is 10.1. The molecule has 0 amide bonds. The maximum Gasteiger partial charge on any atom is 0.323 e. The highest BCUT2D eigenvalue weighted by atomic mass is 16.6. The van der Waals surface area contributed by atoms with E-state index in [0.717, 1.165) is 13.1 Å². The molecular formula is C10H17N5O2. The van der Waals surface area contributed by atoms with Crippen LogP contribution >= 0.6 is 0 Å². The Balaban J connectivity index is 2.15. The number of aromatic nitrogens is 3. The summed E-state index contributed by atoms with van der Waals surface area (Å²) in [7, 11) is 0. The van der Waals surface area contributed by atoms with Crippen molar-refractivity contribution >= 4 is 11.9 Å². The first-order valence-electron chi connectivity index (χ1n) is 5.73. The van der Waals surface area contributed by atoms with Gasteiger partial charge in [-0.1, -0.05) is 0 Å². The van der Waals surface area contributed by atoms with Crippen LogP contribution in [-0.2, 0) is 4.74 Å². The molecule has 1 aliphatic heterocycles. The van der Waals surface area contributed by atoms with Gasteiger partial charge in [-0.25, -0.2) is 0 Å². The van der Waals surface area contributed by atoms with Crippen LogP contribution in [0.4, 0.5) is 11.9 Å². The molecule has 0 atom stereocenters. The van der Waals surface area contributed by atoms with Gasteiger partial charge in [0.25, 0.3) is 0 Å². The Labute approximate surface area is 100.0 Å². The second kappa shape index (κ2) is 5.13. The van der Waals surface area contributed by atoms with Crippen molar-refractivity contribution in [3.63, 3.8) is 0 Å². The Morgan fingerprint density at radius 3 is 2.53 bits per heavy atom. The molecule has 1 aliphatic rings. The maximum absolute atomic E-state index is 5.64. The lowest BCUT2D eigenvalue weighted by molar-refractivity contribution is -0.0830. The minimum absolute atomic E-state index is 0.0290. The largest absolute Gasteiger partial charge is 0.455 e. The van der Waals surface area contributed by atoms with Crippen molar-refractivity contribution in [1.29, 1.82) is 0 Å². The molecule has 0 spiro atoms. The van der Waals surface area contributed by atoms with Crippen molar-refractivity contribution in [3.05, 3.63) is 0 Å². The number of nitrogen functional groups attached to an aromatic ring is 1. The van der Waals surface area contributed by atoms with Gasteiger partial charge in [-0.05, 0) is 13.8 Å².